The van der Waals surface area contributed by atoms with Crippen LogP contribution in [0.4, 0.5) is 0 Å². The van der Waals surface area contributed by atoms with E-state index in [1.165, 1.54) is 6.08 Å². The average molecular weight is 513 g/mol. The maximum absolute atomic E-state index is 13.5. The van der Waals surface area contributed by atoms with Gasteiger partial charge in [-0.25, -0.2) is 4.79 Å². The molecule has 0 amide bonds. The van der Waals surface area contributed by atoms with Gasteiger partial charge in [0.1, 0.15) is 30.5 Å². The zero-order valence-corrected chi connectivity index (χ0v) is 21.2. The topological polar surface area (TPSA) is 163 Å². The summed E-state index contributed by atoms with van der Waals surface area (Å²) < 4.78 is 16.3. The molecular weight excluding hydrogens is 472 g/mol. The lowest BCUT2D eigenvalue weighted by atomic mass is 9.43. The normalized spacial score (nSPS) is 48.8. The summed E-state index contributed by atoms with van der Waals surface area (Å²) >= 11 is 0. The maximum atomic E-state index is 13.5. The van der Waals surface area contributed by atoms with Gasteiger partial charge < -0.3 is 39.7 Å². The quantitative estimate of drug-likeness (QED) is 0.315. The Bertz CT molecular complexity index is 860. The number of carbonyl (C=O) groups is 2. The molecule has 0 bridgehead atoms. The van der Waals surface area contributed by atoms with Crippen LogP contribution in [0.25, 0.3) is 0 Å². The highest BCUT2D eigenvalue weighted by atomic mass is 16.7. The van der Waals surface area contributed by atoms with Crippen LogP contribution in [0.15, 0.2) is 12.2 Å². The molecule has 204 valence electrons. The molecule has 3 fully saturated rings. The van der Waals surface area contributed by atoms with E-state index in [1.807, 2.05) is 6.92 Å². The van der Waals surface area contributed by atoms with E-state index < -0.39 is 60.7 Å². The molecule has 0 aromatic carbocycles. The third-order valence-electron chi connectivity index (χ3n) is 9.75. The summed E-state index contributed by atoms with van der Waals surface area (Å²) in [4.78, 5) is 25.0. The van der Waals surface area contributed by atoms with Crippen molar-refractivity contribution < 1.29 is 49.3 Å². The monoisotopic (exact) mass is 512 g/mol. The molecule has 2 heterocycles. The summed E-state index contributed by atoms with van der Waals surface area (Å²) in [7, 11) is 0. The van der Waals surface area contributed by atoms with E-state index in [0.717, 1.165) is 19.3 Å². The smallest absolute Gasteiger partial charge is 0.331 e. The second kappa shape index (κ2) is 10.3. The van der Waals surface area contributed by atoms with Crippen molar-refractivity contribution in [3.8, 4) is 0 Å². The van der Waals surface area contributed by atoms with Gasteiger partial charge in [-0.1, -0.05) is 27.2 Å². The fourth-order valence-electron chi connectivity index (χ4n) is 7.27. The first-order valence-electron chi connectivity index (χ1n) is 13.0. The van der Waals surface area contributed by atoms with Gasteiger partial charge in [-0.3, -0.25) is 4.79 Å². The number of aliphatic hydroxyl groups is 5. The Morgan fingerprint density at radius 1 is 1.14 bits per heavy atom. The van der Waals surface area contributed by atoms with Gasteiger partial charge in [0.15, 0.2) is 0 Å². The molecule has 0 spiro atoms. The van der Waals surface area contributed by atoms with E-state index in [1.54, 1.807) is 6.08 Å². The van der Waals surface area contributed by atoms with Gasteiger partial charge >= 0.3 is 11.9 Å². The highest BCUT2D eigenvalue weighted by Gasteiger charge is 2.62. The molecule has 2 saturated carbocycles. The van der Waals surface area contributed by atoms with Crippen molar-refractivity contribution >= 4 is 11.9 Å². The lowest BCUT2D eigenvalue weighted by Crippen LogP contribution is -2.62. The largest absolute Gasteiger partial charge is 0.455 e. The van der Waals surface area contributed by atoms with E-state index >= 15 is 0 Å². The minimum absolute atomic E-state index is 0.00839. The van der Waals surface area contributed by atoms with Crippen molar-refractivity contribution in [2.24, 2.45) is 28.6 Å². The van der Waals surface area contributed by atoms with Crippen molar-refractivity contribution in [3.05, 3.63) is 12.2 Å². The van der Waals surface area contributed by atoms with Crippen LogP contribution in [0.5, 0.6) is 0 Å². The summed E-state index contributed by atoms with van der Waals surface area (Å²) in [5.74, 6) is -1.49. The van der Waals surface area contributed by atoms with Crippen LogP contribution < -0.4 is 0 Å². The number of cyclic esters (lactones) is 1. The Morgan fingerprint density at radius 3 is 2.50 bits per heavy atom. The fourth-order valence-corrected chi connectivity index (χ4v) is 7.27. The van der Waals surface area contributed by atoms with Crippen molar-refractivity contribution in [2.45, 2.75) is 102 Å². The van der Waals surface area contributed by atoms with Gasteiger partial charge in [0.25, 0.3) is 0 Å². The number of hydrogen-bond donors (Lipinski definition) is 5. The number of ether oxygens (including phenoxy) is 3. The highest BCUT2D eigenvalue weighted by Crippen LogP contribution is 2.63. The Kier molecular flexibility index (Phi) is 7.86. The molecular formula is C26H40O10. The summed E-state index contributed by atoms with van der Waals surface area (Å²) in [5.41, 5.74) is -1.02. The minimum Gasteiger partial charge on any atom is -0.455 e. The van der Waals surface area contributed by atoms with Crippen molar-refractivity contribution in [1.82, 2.24) is 0 Å². The average Bonchev–Trinajstić information content (AvgIpc) is 3.27. The summed E-state index contributed by atoms with van der Waals surface area (Å²) in [6.45, 7) is 5.62. The van der Waals surface area contributed by atoms with Gasteiger partial charge in [0, 0.05) is 11.5 Å². The summed E-state index contributed by atoms with van der Waals surface area (Å²) in [5, 5.41) is 51.2. The highest BCUT2D eigenvalue weighted by molar-refractivity contribution is 5.84. The number of esters is 2. The molecule has 12 atom stereocenters. The van der Waals surface area contributed by atoms with E-state index in [2.05, 4.69) is 13.8 Å². The lowest BCUT2D eigenvalue weighted by Gasteiger charge is -2.62. The van der Waals surface area contributed by atoms with Crippen LogP contribution in [-0.2, 0) is 23.8 Å². The van der Waals surface area contributed by atoms with Crippen LogP contribution in [0.3, 0.4) is 0 Å². The molecule has 36 heavy (non-hydrogen) atoms. The van der Waals surface area contributed by atoms with Crippen LogP contribution in [0.2, 0.25) is 0 Å². The first kappa shape index (κ1) is 27.5. The van der Waals surface area contributed by atoms with Crippen LogP contribution in [0, 0.1) is 28.6 Å². The maximum Gasteiger partial charge on any atom is 0.331 e. The van der Waals surface area contributed by atoms with E-state index in [4.69, 9.17) is 14.2 Å². The summed E-state index contributed by atoms with van der Waals surface area (Å²) in [6.07, 6.45) is -1.40. The first-order valence-corrected chi connectivity index (χ1v) is 13.0. The standard InChI is InChI=1S/C26H40O10/c1-13-11-18(28)26(3)15(23(33)36-24-22(32)21(31)20(30)16(12-27)35-24)5-4-6-17(26)25(13,2)10-9-14-7-8-19(29)34-14/h7-8,13-18,20-22,24,27-28,30-32H,4-6,9-12H2,1-3H3/t13-,14?,15+,16-,17?,18+,20-,21+,22-,24+,25+,26+/m1/s1. The van der Waals surface area contributed by atoms with Crippen molar-refractivity contribution in [1.29, 1.82) is 0 Å². The SMILES string of the molecule is C[C@@H]1C[C@H](O)[C@]2(C)C(CCC[C@H]2C(=O)O[C@@H]2O[C@H](CO)[C@@H](O)[C@H](O)[C@H]2O)[C@@]1(C)CCC1C=CC(=O)O1. The van der Waals surface area contributed by atoms with Gasteiger partial charge in [0.2, 0.25) is 6.29 Å². The molecule has 0 aromatic heterocycles. The second-order valence-electron chi connectivity index (χ2n) is 11.6. The Morgan fingerprint density at radius 2 is 1.86 bits per heavy atom. The van der Waals surface area contributed by atoms with E-state index in [-0.39, 0.29) is 29.3 Å². The van der Waals surface area contributed by atoms with Gasteiger partial charge in [0.05, 0.1) is 18.6 Å². The molecule has 0 radical (unpaired) electrons. The molecule has 2 unspecified atom stereocenters. The molecule has 2 aliphatic carbocycles. The van der Waals surface area contributed by atoms with Gasteiger partial charge in [-0.15, -0.1) is 0 Å². The van der Waals surface area contributed by atoms with Crippen LogP contribution >= 0.6 is 0 Å². The molecule has 10 heteroatoms. The number of hydrogen-bond acceptors (Lipinski definition) is 10. The van der Waals surface area contributed by atoms with E-state index in [0.29, 0.717) is 19.3 Å². The number of rotatable bonds is 6. The Hall–Kier alpha value is -1.56. The van der Waals surface area contributed by atoms with Crippen molar-refractivity contribution in [3.63, 3.8) is 0 Å². The molecule has 2 aliphatic heterocycles. The molecule has 1 saturated heterocycles. The molecule has 0 aromatic rings. The van der Waals surface area contributed by atoms with E-state index in [9.17, 15) is 35.1 Å². The molecule has 4 rings (SSSR count). The number of carbonyl (C=O) groups excluding carboxylic acids is 2. The van der Waals surface area contributed by atoms with Crippen LogP contribution in [-0.4, -0.2) is 87.0 Å². The van der Waals surface area contributed by atoms with Crippen LogP contribution in [0.1, 0.15) is 59.3 Å². The fraction of sp³-hybridized carbons (Fsp3) is 0.846. The molecule has 5 N–H and O–H groups in total. The Labute approximate surface area is 211 Å². The third-order valence-corrected chi connectivity index (χ3v) is 9.75. The first-order chi connectivity index (χ1) is 16.9. The lowest BCUT2D eigenvalue weighted by molar-refractivity contribution is -0.297. The molecule has 4 aliphatic rings. The number of fused-ring (bicyclic) bond motifs is 1. The Balaban J connectivity index is 1.53. The van der Waals surface area contributed by atoms with Gasteiger partial charge in [-0.05, 0) is 55.4 Å². The third kappa shape index (κ3) is 4.61. The summed E-state index contributed by atoms with van der Waals surface area (Å²) in [6, 6.07) is 0. The van der Waals surface area contributed by atoms with Crippen molar-refractivity contribution in [2.75, 3.05) is 6.61 Å². The minimum atomic E-state index is -1.68. The predicted molar refractivity (Wildman–Crippen MR) is 125 cm³/mol. The van der Waals surface area contributed by atoms with Gasteiger partial charge in [-0.2, -0.15) is 0 Å². The number of aliphatic hydroxyl groups excluding tert-OH is 5. The zero-order chi connectivity index (χ0) is 26.4. The predicted octanol–water partition coefficient (Wildman–Crippen LogP) is 0.421. The zero-order valence-electron chi connectivity index (χ0n) is 21.2. The second-order valence-corrected chi connectivity index (χ2v) is 11.6. The molecule has 10 nitrogen and oxygen atoms in total.